The number of thiophene rings is 1. The summed E-state index contributed by atoms with van der Waals surface area (Å²) in [6, 6.07) is 5.77. The second-order valence-corrected chi connectivity index (χ2v) is 4.10. The molecule has 16 heavy (non-hydrogen) atoms. The van der Waals surface area contributed by atoms with Gasteiger partial charge in [-0.25, -0.2) is 15.8 Å². The van der Waals surface area contributed by atoms with Crippen LogP contribution in [0.5, 0.6) is 5.88 Å². The van der Waals surface area contributed by atoms with Gasteiger partial charge in [0.15, 0.2) is 0 Å². The zero-order valence-corrected chi connectivity index (χ0v) is 9.41. The largest absolute Gasteiger partial charge is 0.477 e. The smallest absolute Gasteiger partial charge is 0.218 e. The number of hydrazine groups is 1. The lowest BCUT2D eigenvalue weighted by Crippen LogP contribution is -2.09. The van der Waals surface area contributed by atoms with Gasteiger partial charge in [-0.1, -0.05) is 6.07 Å². The summed E-state index contributed by atoms with van der Waals surface area (Å²) in [5.74, 6) is 6.30. The summed E-state index contributed by atoms with van der Waals surface area (Å²) in [5, 5.41) is 2.05. The molecule has 0 spiro atoms. The first-order valence-electron chi connectivity index (χ1n) is 4.82. The summed E-state index contributed by atoms with van der Waals surface area (Å²) in [6.07, 6.45) is 2.29. The number of aromatic nitrogens is 2. The summed E-state index contributed by atoms with van der Waals surface area (Å²) in [6.45, 7) is 0.599. The Morgan fingerprint density at radius 1 is 1.44 bits per heavy atom. The van der Waals surface area contributed by atoms with Crippen molar-refractivity contribution in [2.45, 2.75) is 6.42 Å². The minimum Gasteiger partial charge on any atom is -0.477 e. The molecular weight excluding hydrogens is 224 g/mol. The van der Waals surface area contributed by atoms with Gasteiger partial charge in [-0.15, -0.1) is 11.3 Å². The molecule has 0 atom stereocenters. The Morgan fingerprint density at radius 3 is 3.12 bits per heavy atom. The van der Waals surface area contributed by atoms with Crippen LogP contribution in [-0.4, -0.2) is 16.6 Å². The molecule has 84 valence electrons. The van der Waals surface area contributed by atoms with E-state index in [1.807, 2.05) is 6.07 Å². The van der Waals surface area contributed by atoms with Gasteiger partial charge in [0.25, 0.3) is 0 Å². The van der Waals surface area contributed by atoms with Gasteiger partial charge in [0.05, 0.1) is 6.61 Å². The number of hydrogen-bond acceptors (Lipinski definition) is 6. The van der Waals surface area contributed by atoms with Crippen molar-refractivity contribution in [1.29, 1.82) is 0 Å². The molecular formula is C10H12N4OS. The maximum absolute atomic E-state index is 5.48. The summed E-state index contributed by atoms with van der Waals surface area (Å²) in [7, 11) is 0. The van der Waals surface area contributed by atoms with Gasteiger partial charge in [0, 0.05) is 17.4 Å². The fourth-order valence-electron chi connectivity index (χ4n) is 1.21. The first kappa shape index (κ1) is 10.8. The zero-order valence-electron chi connectivity index (χ0n) is 8.59. The van der Waals surface area contributed by atoms with Crippen LogP contribution >= 0.6 is 11.3 Å². The fourth-order valence-corrected chi connectivity index (χ4v) is 1.90. The molecule has 0 fully saturated rings. The van der Waals surface area contributed by atoms with Crippen LogP contribution in [0.4, 0.5) is 5.82 Å². The lowest BCUT2D eigenvalue weighted by Gasteiger charge is -2.05. The van der Waals surface area contributed by atoms with Crippen LogP contribution in [0.3, 0.4) is 0 Å². The van der Waals surface area contributed by atoms with Gasteiger partial charge in [-0.05, 0) is 11.4 Å². The van der Waals surface area contributed by atoms with E-state index >= 15 is 0 Å². The summed E-state index contributed by atoms with van der Waals surface area (Å²) in [5.41, 5.74) is 2.44. The first-order valence-corrected chi connectivity index (χ1v) is 5.70. The zero-order chi connectivity index (χ0) is 11.2. The van der Waals surface area contributed by atoms with Crippen molar-refractivity contribution in [3.63, 3.8) is 0 Å². The van der Waals surface area contributed by atoms with Crippen molar-refractivity contribution in [2.75, 3.05) is 12.0 Å². The van der Waals surface area contributed by atoms with E-state index in [4.69, 9.17) is 10.6 Å². The number of rotatable bonds is 5. The SMILES string of the molecule is NNc1cc(OCCc2cccs2)ncn1. The Morgan fingerprint density at radius 2 is 2.38 bits per heavy atom. The Bertz CT molecular complexity index is 432. The third-order valence-corrected chi connectivity index (χ3v) is 2.90. The van der Waals surface area contributed by atoms with Crippen molar-refractivity contribution in [3.8, 4) is 5.88 Å². The molecule has 0 amide bonds. The number of anilines is 1. The Hall–Kier alpha value is -1.66. The Labute approximate surface area is 97.3 Å². The first-order chi connectivity index (χ1) is 7.88. The highest BCUT2D eigenvalue weighted by Gasteiger charge is 1.99. The lowest BCUT2D eigenvalue weighted by atomic mass is 10.4. The molecule has 6 heteroatoms. The van der Waals surface area contributed by atoms with E-state index in [-0.39, 0.29) is 0 Å². The van der Waals surface area contributed by atoms with Crippen LogP contribution in [-0.2, 0) is 6.42 Å². The molecule has 0 radical (unpaired) electrons. The Balaban J connectivity index is 1.85. The number of ether oxygens (including phenoxy) is 1. The molecule has 0 aliphatic rings. The van der Waals surface area contributed by atoms with Crippen molar-refractivity contribution in [1.82, 2.24) is 9.97 Å². The fraction of sp³-hybridized carbons (Fsp3) is 0.200. The van der Waals surface area contributed by atoms with E-state index in [1.54, 1.807) is 17.4 Å². The molecule has 2 aromatic rings. The molecule has 3 N–H and O–H groups in total. The molecule has 5 nitrogen and oxygen atoms in total. The van der Waals surface area contributed by atoms with Gasteiger partial charge in [-0.2, -0.15) is 0 Å². The normalized spacial score (nSPS) is 10.1. The number of nitrogens with two attached hydrogens (primary N) is 1. The van der Waals surface area contributed by atoms with E-state index in [0.717, 1.165) is 6.42 Å². The maximum atomic E-state index is 5.48. The van der Waals surface area contributed by atoms with E-state index in [2.05, 4.69) is 26.8 Å². The predicted octanol–water partition coefficient (Wildman–Crippen LogP) is 1.45. The average Bonchev–Trinajstić information content (AvgIpc) is 2.82. The molecule has 0 saturated heterocycles. The van der Waals surface area contributed by atoms with E-state index in [1.165, 1.54) is 11.2 Å². The number of nitrogen functional groups attached to an aromatic ring is 1. The van der Waals surface area contributed by atoms with Gasteiger partial charge < -0.3 is 10.2 Å². The molecule has 2 aromatic heterocycles. The Kier molecular flexibility index (Phi) is 3.68. The van der Waals surface area contributed by atoms with Crippen molar-refractivity contribution < 1.29 is 4.74 Å². The second-order valence-electron chi connectivity index (χ2n) is 3.06. The standard InChI is InChI=1S/C10H12N4OS/c11-14-9-6-10(13-7-12-9)15-4-3-8-2-1-5-16-8/h1-2,5-7H,3-4,11H2,(H,12,13,14). The van der Waals surface area contributed by atoms with Crippen molar-refractivity contribution in [3.05, 3.63) is 34.8 Å². The highest BCUT2D eigenvalue weighted by Crippen LogP contribution is 2.12. The quantitative estimate of drug-likeness (QED) is 0.607. The van der Waals surface area contributed by atoms with E-state index in [0.29, 0.717) is 18.3 Å². The summed E-state index contributed by atoms with van der Waals surface area (Å²) >= 11 is 1.72. The van der Waals surface area contributed by atoms with E-state index < -0.39 is 0 Å². The maximum Gasteiger partial charge on any atom is 0.218 e. The molecule has 0 unspecified atom stereocenters. The lowest BCUT2D eigenvalue weighted by molar-refractivity contribution is 0.310. The number of nitrogens with zero attached hydrogens (tertiary/aromatic N) is 2. The number of hydrogen-bond donors (Lipinski definition) is 2. The average molecular weight is 236 g/mol. The molecule has 0 aliphatic heterocycles. The third-order valence-electron chi connectivity index (χ3n) is 1.97. The molecule has 0 saturated carbocycles. The monoisotopic (exact) mass is 236 g/mol. The predicted molar refractivity (Wildman–Crippen MR) is 63.4 cm³/mol. The third kappa shape index (κ3) is 2.91. The van der Waals surface area contributed by atoms with Gasteiger partial charge in [0.2, 0.25) is 5.88 Å². The number of nitrogens with one attached hydrogen (secondary N) is 1. The van der Waals surface area contributed by atoms with Crippen LogP contribution in [0.1, 0.15) is 4.88 Å². The van der Waals surface area contributed by atoms with Crippen LogP contribution in [0.15, 0.2) is 29.9 Å². The topological polar surface area (TPSA) is 73.1 Å². The highest BCUT2D eigenvalue weighted by atomic mass is 32.1. The van der Waals surface area contributed by atoms with Crippen LogP contribution in [0.25, 0.3) is 0 Å². The van der Waals surface area contributed by atoms with Crippen molar-refractivity contribution >= 4 is 17.2 Å². The van der Waals surface area contributed by atoms with Crippen LogP contribution in [0, 0.1) is 0 Å². The molecule has 0 aliphatic carbocycles. The minimum atomic E-state index is 0.527. The molecule has 2 rings (SSSR count). The van der Waals surface area contributed by atoms with Gasteiger partial charge >= 0.3 is 0 Å². The van der Waals surface area contributed by atoms with Gasteiger partial charge in [0.1, 0.15) is 12.1 Å². The van der Waals surface area contributed by atoms with E-state index in [9.17, 15) is 0 Å². The molecule has 0 aromatic carbocycles. The van der Waals surface area contributed by atoms with Crippen LogP contribution < -0.4 is 16.0 Å². The highest BCUT2D eigenvalue weighted by molar-refractivity contribution is 7.09. The molecule has 2 heterocycles. The van der Waals surface area contributed by atoms with Crippen LogP contribution in [0.2, 0.25) is 0 Å². The summed E-state index contributed by atoms with van der Waals surface area (Å²) < 4.78 is 5.48. The summed E-state index contributed by atoms with van der Waals surface area (Å²) in [4.78, 5) is 9.17. The molecule has 0 bridgehead atoms. The second kappa shape index (κ2) is 5.43. The van der Waals surface area contributed by atoms with Crippen molar-refractivity contribution in [2.24, 2.45) is 5.84 Å². The van der Waals surface area contributed by atoms with Gasteiger partial charge in [-0.3, -0.25) is 0 Å². The minimum absolute atomic E-state index is 0.527.